The van der Waals surface area contributed by atoms with Gasteiger partial charge in [0.1, 0.15) is 5.82 Å². The lowest BCUT2D eigenvalue weighted by Crippen LogP contribution is -2.45. The number of halogens is 1. The summed E-state index contributed by atoms with van der Waals surface area (Å²) < 4.78 is 12.8. The van der Waals surface area contributed by atoms with Crippen molar-refractivity contribution >= 4 is 17.6 Å². The van der Waals surface area contributed by atoms with E-state index in [1.54, 1.807) is 0 Å². The Morgan fingerprint density at radius 3 is 2.79 bits per heavy atom. The van der Waals surface area contributed by atoms with E-state index in [4.69, 9.17) is 10.9 Å². The Morgan fingerprint density at radius 1 is 1.47 bits per heavy atom. The van der Waals surface area contributed by atoms with Crippen LogP contribution in [0.3, 0.4) is 0 Å². The normalized spacial score (nSPS) is 19.5. The zero-order valence-corrected chi connectivity index (χ0v) is 10.2. The molecular weight excluding hydrogens is 251 g/mol. The Labute approximate surface area is 109 Å². The van der Waals surface area contributed by atoms with Crippen LogP contribution < -0.4 is 11.1 Å². The quantitative estimate of drug-likeness (QED) is 0.328. The van der Waals surface area contributed by atoms with Crippen molar-refractivity contribution in [1.82, 2.24) is 4.90 Å². The van der Waals surface area contributed by atoms with E-state index in [0.29, 0.717) is 18.7 Å². The van der Waals surface area contributed by atoms with E-state index in [0.717, 1.165) is 6.42 Å². The van der Waals surface area contributed by atoms with Crippen LogP contribution in [0, 0.1) is 5.82 Å². The number of hydrogen-bond acceptors (Lipinski definition) is 3. The highest BCUT2D eigenvalue weighted by Crippen LogP contribution is 2.19. The van der Waals surface area contributed by atoms with Gasteiger partial charge in [-0.1, -0.05) is 5.16 Å². The van der Waals surface area contributed by atoms with Crippen LogP contribution in [0.1, 0.15) is 12.8 Å². The largest absolute Gasteiger partial charge is 0.409 e. The van der Waals surface area contributed by atoms with E-state index in [-0.39, 0.29) is 17.7 Å². The molecule has 0 aliphatic carbocycles. The van der Waals surface area contributed by atoms with Gasteiger partial charge in [-0.3, -0.25) is 0 Å². The highest BCUT2D eigenvalue weighted by molar-refractivity contribution is 5.95. The van der Waals surface area contributed by atoms with Crippen LogP contribution in [-0.4, -0.2) is 34.6 Å². The van der Waals surface area contributed by atoms with Crippen molar-refractivity contribution in [2.75, 3.05) is 11.9 Å². The molecule has 0 radical (unpaired) electrons. The zero-order chi connectivity index (χ0) is 13.8. The van der Waals surface area contributed by atoms with Gasteiger partial charge in [-0.25, -0.2) is 9.18 Å². The van der Waals surface area contributed by atoms with Crippen molar-refractivity contribution in [3.8, 4) is 0 Å². The first-order valence-electron chi connectivity index (χ1n) is 5.92. The summed E-state index contributed by atoms with van der Waals surface area (Å²) in [5, 5.41) is 14.3. The molecule has 1 unspecified atom stereocenters. The van der Waals surface area contributed by atoms with Crippen molar-refractivity contribution in [3.63, 3.8) is 0 Å². The number of carbonyl (C=O) groups excluding carboxylic acids is 1. The summed E-state index contributed by atoms with van der Waals surface area (Å²) in [6.07, 6.45) is 1.45. The van der Waals surface area contributed by atoms with E-state index < -0.39 is 6.04 Å². The number of nitrogens with two attached hydrogens (primary N) is 1. The number of rotatable bonds is 2. The molecule has 1 heterocycles. The molecule has 6 nitrogen and oxygen atoms in total. The van der Waals surface area contributed by atoms with Gasteiger partial charge < -0.3 is 21.2 Å². The van der Waals surface area contributed by atoms with E-state index in [9.17, 15) is 9.18 Å². The molecule has 0 saturated carbocycles. The molecule has 1 atom stereocenters. The van der Waals surface area contributed by atoms with Crippen molar-refractivity contribution in [3.05, 3.63) is 30.1 Å². The highest BCUT2D eigenvalue weighted by Gasteiger charge is 2.31. The molecule has 0 aromatic heterocycles. The molecule has 1 saturated heterocycles. The molecule has 102 valence electrons. The average molecular weight is 266 g/mol. The fourth-order valence-corrected chi connectivity index (χ4v) is 2.11. The molecule has 0 bridgehead atoms. The summed E-state index contributed by atoms with van der Waals surface area (Å²) in [6, 6.07) is 4.73. The van der Waals surface area contributed by atoms with Crippen LogP contribution >= 0.6 is 0 Å². The summed E-state index contributed by atoms with van der Waals surface area (Å²) in [6.45, 7) is 0.536. The monoisotopic (exact) mass is 266 g/mol. The average Bonchev–Trinajstić information content (AvgIpc) is 2.90. The summed E-state index contributed by atoms with van der Waals surface area (Å²) in [5.74, 6) is -0.347. The number of amides is 2. The predicted molar refractivity (Wildman–Crippen MR) is 68.6 cm³/mol. The first-order valence-corrected chi connectivity index (χ1v) is 5.92. The van der Waals surface area contributed by atoms with Crippen molar-refractivity contribution in [1.29, 1.82) is 0 Å². The second kappa shape index (κ2) is 5.55. The highest BCUT2D eigenvalue weighted by atomic mass is 19.1. The lowest BCUT2D eigenvalue weighted by Gasteiger charge is -2.23. The molecule has 0 spiro atoms. The third kappa shape index (κ3) is 2.93. The number of anilines is 1. The van der Waals surface area contributed by atoms with Gasteiger partial charge in [0.05, 0.1) is 6.04 Å². The maximum absolute atomic E-state index is 12.8. The minimum Gasteiger partial charge on any atom is -0.409 e. The Kier molecular flexibility index (Phi) is 3.84. The Morgan fingerprint density at radius 2 is 2.16 bits per heavy atom. The van der Waals surface area contributed by atoms with E-state index in [1.165, 1.54) is 29.2 Å². The molecule has 2 rings (SSSR count). The van der Waals surface area contributed by atoms with E-state index in [1.807, 2.05) is 0 Å². The standard InChI is InChI=1S/C12H15FN4O2/c13-8-3-5-9(6-4-8)15-12(18)17-7-1-2-10(17)11(14)16-19/h3-6,10,19H,1-2,7H2,(H2,14,16)(H,15,18). The molecule has 7 heteroatoms. The Balaban J connectivity index is 2.05. The van der Waals surface area contributed by atoms with Gasteiger partial charge in [-0.15, -0.1) is 0 Å². The first-order chi connectivity index (χ1) is 9.11. The summed E-state index contributed by atoms with van der Waals surface area (Å²) in [5.41, 5.74) is 6.05. The van der Waals surface area contributed by atoms with Crippen LogP contribution in [0.4, 0.5) is 14.9 Å². The number of likely N-dealkylation sites (tertiary alicyclic amines) is 1. The van der Waals surface area contributed by atoms with Gasteiger partial charge in [-0.05, 0) is 37.1 Å². The van der Waals surface area contributed by atoms with Crippen LogP contribution in [0.25, 0.3) is 0 Å². The second-order valence-electron chi connectivity index (χ2n) is 4.31. The number of benzene rings is 1. The number of nitrogens with one attached hydrogen (secondary N) is 1. The maximum atomic E-state index is 12.8. The van der Waals surface area contributed by atoms with Crippen LogP contribution in [0.15, 0.2) is 29.4 Å². The van der Waals surface area contributed by atoms with E-state index >= 15 is 0 Å². The lowest BCUT2D eigenvalue weighted by atomic mass is 10.2. The van der Waals surface area contributed by atoms with E-state index in [2.05, 4.69) is 10.5 Å². The number of nitrogens with zero attached hydrogens (tertiary/aromatic N) is 2. The lowest BCUT2D eigenvalue weighted by molar-refractivity contribution is 0.215. The minimum atomic E-state index is -0.398. The van der Waals surface area contributed by atoms with Gasteiger partial charge in [0.25, 0.3) is 0 Å². The van der Waals surface area contributed by atoms with Gasteiger partial charge in [-0.2, -0.15) is 0 Å². The topological polar surface area (TPSA) is 91.0 Å². The fourth-order valence-electron chi connectivity index (χ4n) is 2.11. The number of urea groups is 1. The van der Waals surface area contributed by atoms with Gasteiger partial charge in [0, 0.05) is 12.2 Å². The van der Waals surface area contributed by atoms with Crippen molar-refractivity contribution in [2.45, 2.75) is 18.9 Å². The van der Waals surface area contributed by atoms with Crippen molar-refractivity contribution in [2.24, 2.45) is 10.9 Å². The predicted octanol–water partition coefficient (Wildman–Crippen LogP) is 1.57. The Hall–Kier alpha value is -2.31. The molecule has 1 aliphatic rings. The van der Waals surface area contributed by atoms with Crippen LogP contribution in [-0.2, 0) is 0 Å². The third-order valence-electron chi connectivity index (χ3n) is 3.07. The maximum Gasteiger partial charge on any atom is 0.322 e. The third-order valence-corrected chi connectivity index (χ3v) is 3.07. The summed E-state index contributed by atoms with van der Waals surface area (Å²) in [7, 11) is 0. The SMILES string of the molecule is NC(=NO)C1CCCN1C(=O)Nc1ccc(F)cc1. The van der Waals surface area contributed by atoms with Gasteiger partial charge >= 0.3 is 6.03 Å². The number of hydrogen-bond donors (Lipinski definition) is 3. The van der Waals surface area contributed by atoms with Gasteiger partial charge in [0.15, 0.2) is 5.84 Å². The van der Waals surface area contributed by atoms with Crippen molar-refractivity contribution < 1.29 is 14.4 Å². The molecule has 2 amide bonds. The molecule has 1 aromatic carbocycles. The smallest absolute Gasteiger partial charge is 0.322 e. The zero-order valence-electron chi connectivity index (χ0n) is 10.2. The van der Waals surface area contributed by atoms with Crippen LogP contribution in [0.5, 0.6) is 0 Å². The van der Waals surface area contributed by atoms with Gasteiger partial charge in [0.2, 0.25) is 0 Å². The molecule has 19 heavy (non-hydrogen) atoms. The Bertz CT molecular complexity index is 489. The fraction of sp³-hybridized carbons (Fsp3) is 0.333. The molecule has 1 aromatic rings. The summed E-state index contributed by atoms with van der Waals surface area (Å²) >= 11 is 0. The minimum absolute atomic E-state index is 0.0201. The number of amidine groups is 1. The molecule has 4 N–H and O–H groups in total. The number of oxime groups is 1. The second-order valence-corrected chi connectivity index (χ2v) is 4.31. The van der Waals surface area contributed by atoms with Crippen LogP contribution in [0.2, 0.25) is 0 Å². The molecular formula is C12H15FN4O2. The molecule has 1 fully saturated rings. The molecule has 1 aliphatic heterocycles. The summed E-state index contributed by atoms with van der Waals surface area (Å²) in [4.78, 5) is 13.6. The number of carbonyl (C=O) groups is 1. The first kappa shape index (κ1) is 13.1.